The lowest BCUT2D eigenvalue weighted by molar-refractivity contribution is -0.135. The molecule has 0 radical (unpaired) electrons. The van der Waals surface area contributed by atoms with Gasteiger partial charge in [0.25, 0.3) is 0 Å². The summed E-state index contributed by atoms with van der Waals surface area (Å²) in [6, 6.07) is 8.60. The van der Waals surface area contributed by atoms with Crippen molar-refractivity contribution in [2.24, 2.45) is 5.10 Å². The molecule has 0 spiro atoms. The molecule has 0 saturated carbocycles. The number of esters is 1. The van der Waals surface area contributed by atoms with Crippen molar-refractivity contribution in [2.75, 3.05) is 7.11 Å². The molecule has 0 N–H and O–H groups in total. The van der Waals surface area contributed by atoms with E-state index in [0.29, 0.717) is 16.9 Å². The van der Waals surface area contributed by atoms with Gasteiger partial charge in [-0.05, 0) is 37.3 Å². The highest BCUT2D eigenvalue weighted by atomic mass is 16.6. The van der Waals surface area contributed by atoms with E-state index in [1.165, 1.54) is 26.0 Å². The Labute approximate surface area is 156 Å². The average molecular weight is 369 g/mol. The zero-order valence-corrected chi connectivity index (χ0v) is 15.4. The Morgan fingerprint density at radius 3 is 2.52 bits per heavy atom. The van der Waals surface area contributed by atoms with Crippen LogP contribution in [0.4, 0.5) is 0 Å². The summed E-state index contributed by atoms with van der Waals surface area (Å²) < 4.78 is 16.3. The summed E-state index contributed by atoms with van der Waals surface area (Å²) in [4.78, 5) is 27.6. The topological polar surface area (TPSA) is 90.3 Å². The molecule has 1 aromatic carbocycles. The zero-order valence-electron chi connectivity index (χ0n) is 15.4. The summed E-state index contributed by atoms with van der Waals surface area (Å²) in [5, 5.41) is 5.51. The molecule has 0 bridgehead atoms. The number of carbonyl (C=O) groups is 2. The summed E-state index contributed by atoms with van der Waals surface area (Å²) in [5.74, 6) is 0.140. The van der Waals surface area contributed by atoms with E-state index in [1.807, 2.05) is 19.1 Å². The smallest absolute Gasteiger partial charge is 0.308 e. The van der Waals surface area contributed by atoms with Gasteiger partial charge in [0.05, 0.1) is 12.7 Å². The number of ether oxygens (including phenoxy) is 3. The molecule has 0 saturated heterocycles. The number of hydrogen-bond acceptors (Lipinski definition) is 7. The molecule has 2 aromatic rings. The van der Waals surface area contributed by atoms with Crippen molar-refractivity contribution >= 4 is 17.8 Å². The maximum Gasteiger partial charge on any atom is 0.308 e. The minimum absolute atomic E-state index is 0.236. The molecule has 1 aliphatic heterocycles. The lowest BCUT2D eigenvalue weighted by Crippen LogP contribution is -2.25. The fraction of sp³-hybridized carbons (Fsp3) is 0.263. The Hall–Kier alpha value is -3.42. The summed E-state index contributed by atoms with van der Waals surface area (Å²) in [6.07, 6.45) is 0.840. The normalized spacial score (nSPS) is 15.8. The first kappa shape index (κ1) is 18.4. The molecule has 140 valence electrons. The van der Waals surface area contributed by atoms with E-state index in [-0.39, 0.29) is 17.6 Å². The highest BCUT2D eigenvalue weighted by molar-refractivity contribution is 5.96. The van der Waals surface area contributed by atoms with Crippen molar-refractivity contribution in [3.05, 3.63) is 53.3 Å². The van der Waals surface area contributed by atoms with Gasteiger partial charge in [0.2, 0.25) is 18.0 Å². The standard InChI is InChI=1S/C19H19N3O5/c1-11-5-6-15(10-20-11)18-21-22(12(2)23)19(27-18)14-7-8-16(25-4)17(9-14)26-13(3)24/h5-10,19H,1-4H3. The van der Waals surface area contributed by atoms with Gasteiger partial charge in [-0.15, -0.1) is 5.10 Å². The second-order valence-corrected chi connectivity index (χ2v) is 5.93. The molecular formula is C19H19N3O5. The molecule has 1 unspecified atom stereocenters. The first-order valence-electron chi connectivity index (χ1n) is 8.23. The number of aromatic nitrogens is 1. The highest BCUT2D eigenvalue weighted by Gasteiger charge is 2.33. The first-order chi connectivity index (χ1) is 12.9. The molecule has 2 heterocycles. The second-order valence-electron chi connectivity index (χ2n) is 5.93. The van der Waals surface area contributed by atoms with Gasteiger partial charge in [-0.1, -0.05) is 0 Å². The molecule has 0 aliphatic carbocycles. The molecule has 1 amide bonds. The fourth-order valence-corrected chi connectivity index (χ4v) is 2.58. The number of pyridine rings is 1. The Bertz CT molecular complexity index is 908. The number of rotatable bonds is 4. The maximum atomic E-state index is 12.1. The van der Waals surface area contributed by atoms with Gasteiger partial charge in [-0.3, -0.25) is 14.6 Å². The number of carbonyl (C=O) groups excluding carboxylic acids is 2. The van der Waals surface area contributed by atoms with Crippen molar-refractivity contribution in [1.29, 1.82) is 0 Å². The third kappa shape index (κ3) is 3.89. The van der Waals surface area contributed by atoms with Crippen LogP contribution in [0.1, 0.15) is 36.9 Å². The fourth-order valence-electron chi connectivity index (χ4n) is 2.58. The van der Waals surface area contributed by atoms with Crippen molar-refractivity contribution in [2.45, 2.75) is 27.0 Å². The SMILES string of the molecule is COc1ccc(C2OC(c3ccc(C)nc3)=NN2C(C)=O)cc1OC(C)=O. The molecular weight excluding hydrogens is 350 g/mol. The van der Waals surface area contributed by atoms with Crippen LogP contribution in [0.3, 0.4) is 0 Å². The van der Waals surface area contributed by atoms with Gasteiger partial charge in [0.15, 0.2) is 11.5 Å². The van der Waals surface area contributed by atoms with Crippen LogP contribution >= 0.6 is 0 Å². The Balaban J connectivity index is 1.95. The molecule has 8 heteroatoms. The van der Waals surface area contributed by atoms with Gasteiger partial charge < -0.3 is 14.2 Å². The molecule has 1 atom stereocenters. The number of amides is 1. The van der Waals surface area contributed by atoms with Crippen molar-refractivity contribution < 1.29 is 23.8 Å². The number of hydrazone groups is 1. The maximum absolute atomic E-state index is 12.1. The first-order valence-corrected chi connectivity index (χ1v) is 8.23. The van der Waals surface area contributed by atoms with Crippen LogP contribution in [0, 0.1) is 6.92 Å². The van der Waals surface area contributed by atoms with Crippen LogP contribution in [-0.4, -0.2) is 34.9 Å². The lowest BCUT2D eigenvalue weighted by Gasteiger charge is -2.20. The molecule has 27 heavy (non-hydrogen) atoms. The quantitative estimate of drug-likeness (QED) is 0.608. The number of methoxy groups -OCH3 is 1. The Kier molecular flexibility index (Phi) is 5.07. The monoisotopic (exact) mass is 369 g/mol. The van der Waals surface area contributed by atoms with Gasteiger partial charge in [0, 0.05) is 31.3 Å². The molecule has 0 fully saturated rings. The Morgan fingerprint density at radius 1 is 1.15 bits per heavy atom. The number of benzene rings is 1. The van der Waals surface area contributed by atoms with E-state index < -0.39 is 12.2 Å². The van der Waals surface area contributed by atoms with E-state index in [0.717, 1.165) is 5.69 Å². The van der Waals surface area contributed by atoms with E-state index in [2.05, 4.69) is 10.1 Å². The van der Waals surface area contributed by atoms with E-state index in [4.69, 9.17) is 14.2 Å². The van der Waals surface area contributed by atoms with Crippen LogP contribution < -0.4 is 9.47 Å². The minimum atomic E-state index is -0.793. The van der Waals surface area contributed by atoms with Crippen LogP contribution in [0.2, 0.25) is 0 Å². The predicted molar refractivity (Wildman–Crippen MR) is 96.2 cm³/mol. The molecule has 1 aliphatic rings. The Morgan fingerprint density at radius 2 is 1.93 bits per heavy atom. The van der Waals surface area contributed by atoms with Crippen LogP contribution in [0.25, 0.3) is 0 Å². The highest BCUT2D eigenvalue weighted by Crippen LogP contribution is 2.36. The summed E-state index contributed by atoms with van der Waals surface area (Å²) >= 11 is 0. The van der Waals surface area contributed by atoms with E-state index in [1.54, 1.807) is 24.4 Å². The summed E-state index contributed by atoms with van der Waals surface area (Å²) in [6.45, 7) is 4.57. The lowest BCUT2D eigenvalue weighted by atomic mass is 10.1. The minimum Gasteiger partial charge on any atom is -0.493 e. The van der Waals surface area contributed by atoms with Crippen LogP contribution in [0.15, 0.2) is 41.6 Å². The second kappa shape index (κ2) is 7.45. The number of nitrogens with zero attached hydrogens (tertiary/aromatic N) is 3. The van der Waals surface area contributed by atoms with Crippen LogP contribution in [-0.2, 0) is 14.3 Å². The zero-order chi connectivity index (χ0) is 19.6. The summed E-state index contributed by atoms with van der Waals surface area (Å²) in [7, 11) is 1.47. The van der Waals surface area contributed by atoms with Crippen molar-refractivity contribution in [3.63, 3.8) is 0 Å². The number of aryl methyl sites for hydroxylation is 1. The molecule has 3 rings (SSSR count). The predicted octanol–water partition coefficient (Wildman–Crippen LogP) is 2.56. The number of hydrogen-bond donors (Lipinski definition) is 0. The van der Waals surface area contributed by atoms with Gasteiger partial charge >= 0.3 is 5.97 Å². The van der Waals surface area contributed by atoms with Gasteiger partial charge in [-0.25, -0.2) is 0 Å². The van der Waals surface area contributed by atoms with Gasteiger partial charge in [0.1, 0.15) is 0 Å². The van der Waals surface area contributed by atoms with E-state index >= 15 is 0 Å². The van der Waals surface area contributed by atoms with Gasteiger partial charge in [-0.2, -0.15) is 5.01 Å². The largest absolute Gasteiger partial charge is 0.493 e. The van der Waals surface area contributed by atoms with Crippen LogP contribution in [0.5, 0.6) is 11.5 Å². The van der Waals surface area contributed by atoms with E-state index in [9.17, 15) is 9.59 Å². The molecule has 1 aromatic heterocycles. The van der Waals surface area contributed by atoms with Crippen molar-refractivity contribution in [1.82, 2.24) is 9.99 Å². The summed E-state index contributed by atoms with van der Waals surface area (Å²) in [5.41, 5.74) is 2.10. The average Bonchev–Trinajstić information content (AvgIpc) is 3.07. The molecule has 8 nitrogen and oxygen atoms in total. The third-order valence-corrected chi connectivity index (χ3v) is 3.85. The van der Waals surface area contributed by atoms with Crippen molar-refractivity contribution in [3.8, 4) is 11.5 Å². The third-order valence-electron chi connectivity index (χ3n) is 3.85.